The molecule has 130 valence electrons. The van der Waals surface area contributed by atoms with Gasteiger partial charge in [0, 0.05) is 17.8 Å². The maximum absolute atomic E-state index is 12.5. The third-order valence-corrected chi connectivity index (χ3v) is 6.12. The van der Waals surface area contributed by atoms with Crippen molar-refractivity contribution in [1.29, 1.82) is 0 Å². The van der Waals surface area contributed by atoms with Crippen LogP contribution in [0.1, 0.15) is 16.7 Å². The van der Waals surface area contributed by atoms with E-state index in [4.69, 9.17) is 0 Å². The summed E-state index contributed by atoms with van der Waals surface area (Å²) in [6.45, 7) is 0. The van der Waals surface area contributed by atoms with Crippen LogP contribution < -0.4 is 0 Å². The molecule has 0 atom stereocenters. The summed E-state index contributed by atoms with van der Waals surface area (Å²) >= 11 is 0. The second-order valence-corrected chi connectivity index (χ2v) is 8.27. The predicted molar refractivity (Wildman–Crippen MR) is 103 cm³/mol. The molecule has 0 aliphatic carbocycles. The molecule has 0 saturated carbocycles. The molecule has 0 aliphatic rings. The topological polar surface area (TPSA) is 62.8 Å². The highest BCUT2D eigenvalue weighted by atomic mass is 32.2. The molecule has 1 N–H and O–H groups in total. The van der Waals surface area contributed by atoms with Gasteiger partial charge in [-0.3, -0.25) is 0 Å². The molecule has 5 heteroatoms. The smallest absolute Gasteiger partial charge is 0.182 e. The van der Waals surface area contributed by atoms with Gasteiger partial charge in [-0.25, -0.2) is 13.4 Å². The minimum atomic E-state index is -3.32. The van der Waals surface area contributed by atoms with Crippen molar-refractivity contribution in [3.8, 4) is 0 Å². The van der Waals surface area contributed by atoms with E-state index in [1.54, 1.807) is 30.5 Å². The number of nitrogens with one attached hydrogen (secondary N) is 1. The van der Waals surface area contributed by atoms with Crippen molar-refractivity contribution in [3.05, 3.63) is 95.8 Å². The van der Waals surface area contributed by atoms with Crippen LogP contribution in [-0.2, 0) is 22.0 Å². The molecule has 4 aromatic rings. The van der Waals surface area contributed by atoms with Crippen molar-refractivity contribution in [1.82, 2.24) is 9.97 Å². The van der Waals surface area contributed by atoms with Gasteiger partial charge in [0.25, 0.3) is 0 Å². The molecule has 26 heavy (non-hydrogen) atoms. The molecule has 0 amide bonds. The van der Waals surface area contributed by atoms with Crippen molar-refractivity contribution < 1.29 is 8.42 Å². The van der Waals surface area contributed by atoms with Gasteiger partial charge in [-0.2, -0.15) is 0 Å². The van der Waals surface area contributed by atoms with Crippen LogP contribution in [0.25, 0.3) is 11.0 Å². The Hall–Kier alpha value is -2.92. The Balaban J connectivity index is 1.52. The average Bonchev–Trinajstić information content (AvgIpc) is 3.07. The fraction of sp³-hybridized carbons (Fsp3) is 0.0952. The largest absolute Gasteiger partial charge is 0.346 e. The standard InChI is InChI=1S/C21H18N2O2S/c24-26(25,19-5-2-1-3-6-19)15-17-10-8-16(9-11-17)13-18-14-23-21-20(18)7-4-12-22-21/h1-12,14H,13,15H2,(H,22,23). The third kappa shape index (κ3) is 3.39. The Kier molecular flexibility index (Phi) is 4.31. The van der Waals surface area contributed by atoms with Gasteiger partial charge >= 0.3 is 0 Å². The van der Waals surface area contributed by atoms with E-state index >= 15 is 0 Å². The molecule has 0 unspecified atom stereocenters. The highest BCUT2D eigenvalue weighted by molar-refractivity contribution is 7.90. The zero-order valence-electron chi connectivity index (χ0n) is 14.1. The summed E-state index contributed by atoms with van der Waals surface area (Å²) in [7, 11) is -3.32. The lowest BCUT2D eigenvalue weighted by Gasteiger charge is -2.06. The quantitative estimate of drug-likeness (QED) is 0.581. The number of aromatic nitrogens is 2. The third-order valence-electron chi connectivity index (χ3n) is 4.41. The zero-order chi connectivity index (χ0) is 18.0. The van der Waals surface area contributed by atoms with Crippen molar-refractivity contribution in [3.63, 3.8) is 0 Å². The summed E-state index contributed by atoms with van der Waals surface area (Å²) in [6, 6.07) is 20.3. The van der Waals surface area contributed by atoms with Gasteiger partial charge in [0.05, 0.1) is 10.6 Å². The van der Waals surface area contributed by atoms with Gasteiger partial charge in [0.1, 0.15) is 5.65 Å². The molecule has 0 aliphatic heterocycles. The first-order chi connectivity index (χ1) is 12.6. The molecule has 4 nitrogen and oxygen atoms in total. The molecule has 0 bridgehead atoms. The first kappa shape index (κ1) is 16.5. The second kappa shape index (κ2) is 6.77. The number of benzene rings is 2. The van der Waals surface area contributed by atoms with Gasteiger partial charge in [0.15, 0.2) is 9.84 Å². The molecule has 0 radical (unpaired) electrons. The summed E-state index contributed by atoms with van der Waals surface area (Å²) < 4.78 is 25.0. The van der Waals surface area contributed by atoms with Gasteiger partial charge in [-0.15, -0.1) is 0 Å². The molecule has 0 fully saturated rings. The van der Waals surface area contributed by atoms with Crippen molar-refractivity contribution >= 4 is 20.9 Å². The van der Waals surface area contributed by atoms with E-state index in [1.807, 2.05) is 42.6 Å². The number of H-pyrrole nitrogens is 1. The van der Waals surface area contributed by atoms with Crippen molar-refractivity contribution in [2.45, 2.75) is 17.1 Å². The number of fused-ring (bicyclic) bond motifs is 1. The van der Waals surface area contributed by atoms with E-state index < -0.39 is 9.84 Å². The summed E-state index contributed by atoms with van der Waals surface area (Å²) in [6.07, 6.45) is 4.52. The van der Waals surface area contributed by atoms with E-state index in [0.717, 1.165) is 28.6 Å². The molecule has 0 spiro atoms. The predicted octanol–water partition coefficient (Wildman–Crippen LogP) is 4.13. The fourth-order valence-corrected chi connectivity index (χ4v) is 4.43. The Bertz CT molecular complexity index is 1130. The minimum absolute atomic E-state index is 0.00823. The maximum Gasteiger partial charge on any atom is 0.182 e. The lowest BCUT2D eigenvalue weighted by atomic mass is 10.0. The van der Waals surface area contributed by atoms with Crippen LogP contribution >= 0.6 is 0 Å². The Morgan fingerprint density at radius 1 is 0.846 bits per heavy atom. The SMILES string of the molecule is O=S(=O)(Cc1ccc(Cc2c[nH]c3ncccc23)cc1)c1ccccc1. The van der Waals surface area contributed by atoms with Gasteiger partial charge < -0.3 is 4.98 Å². The van der Waals surface area contributed by atoms with Gasteiger partial charge in [-0.1, -0.05) is 42.5 Å². The van der Waals surface area contributed by atoms with E-state index in [-0.39, 0.29) is 5.75 Å². The average molecular weight is 362 g/mol. The lowest BCUT2D eigenvalue weighted by Crippen LogP contribution is -2.04. The van der Waals surface area contributed by atoms with Crippen LogP contribution in [-0.4, -0.2) is 18.4 Å². The molecule has 2 aromatic carbocycles. The van der Waals surface area contributed by atoms with Crippen LogP contribution in [0, 0.1) is 0 Å². The van der Waals surface area contributed by atoms with E-state index in [2.05, 4.69) is 16.0 Å². The monoisotopic (exact) mass is 362 g/mol. The van der Waals surface area contributed by atoms with Crippen molar-refractivity contribution in [2.75, 3.05) is 0 Å². The molecular formula is C21H18N2O2S. The normalized spacial score (nSPS) is 11.7. The highest BCUT2D eigenvalue weighted by Crippen LogP contribution is 2.21. The summed E-state index contributed by atoms with van der Waals surface area (Å²) in [5.74, 6) is 0.00823. The van der Waals surface area contributed by atoms with E-state index in [0.29, 0.717) is 4.90 Å². The number of nitrogens with zero attached hydrogens (tertiary/aromatic N) is 1. The van der Waals surface area contributed by atoms with Gasteiger partial charge in [0.2, 0.25) is 0 Å². The number of hydrogen-bond donors (Lipinski definition) is 1. The summed E-state index contributed by atoms with van der Waals surface area (Å²) in [5, 5.41) is 1.11. The van der Waals surface area contributed by atoms with Crippen LogP contribution in [0.15, 0.2) is 84.0 Å². The van der Waals surface area contributed by atoms with Crippen LogP contribution in [0.3, 0.4) is 0 Å². The first-order valence-electron chi connectivity index (χ1n) is 8.38. The first-order valence-corrected chi connectivity index (χ1v) is 10.0. The number of sulfone groups is 1. The lowest BCUT2D eigenvalue weighted by molar-refractivity contribution is 0.595. The molecule has 4 rings (SSSR count). The van der Waals surface area contributed by atoms with Crippen LogP contribution in [0.5, 0.6) is 0 Å². The molecule has 2 heterocycles. The Morgan fingerprint density at radius 3 is 2.35 bits per heavy atom. The fourth-order valence-electron chi connectivity index (χ4n) is 3.06. The summed E-state index contributed by atoms with van der Waals surface area (Å²) in [4.78, 5) is 7.84. The van der Waals surface area contributed by atoms with E-state index in [1.165, 1.54) is 5.56 Å². The van der Waals surface area contributed by atoms with E-state index in [9.17, 15) is 8.42 Å². The highest BCUT2D eigenvalue weighted by Gasteiger charge is 2.14. The zero-order valence-corrected chi connectivity index (χ0v) is 14.9. The molecular weight excluding hydrogens is 344 g/mol. The number of pyridine rings is 1. The molecule has 0 saturated heterocycles. The Morgan fingerprint density at radius 2 is 1.58 bits per heavy atom. The maximum atomic E-state index is 12.5. The number of rotatable bonds is 5. The summed E-state index contributed by atoms with van der Waals surface area (Å²) in [5.41, 5.74) is 3.99. The molecule has 2 aromatic heterocycles. The number of hydrogen-bond acceptors (Lipinski definition) is 3. The minimum Gasteiger partial charge on any atom is -0.346 e. The van der Waals surface area contributed by atoms with Crippen LogP contribution in [0.4, 0.5) is 0 Å². The Labute approximate surface area is 152 Å². The number of aromatic amines is 1. The van der Waals surface area contributed by atoms with Crippen molar-refractivity contribution in [2.24, 2.45) is 0 Å². The second-order valence-electron chi connectivity index (χ2n) is 6.28. The van der Waals surface area contributed by atoms with Gasteiger partial charge in [-0.05, 0) is 47.4 Å². The van der Waals surface area contributed by atoms with Crippen LogP contribution in [0.2, 0.25) is 0 Å².